The van der Waals surface area contributed by atoms with Crippen molar-refractivity contribution < 1.29 is 14.3 Å². The lowest BCUT2D eigenvalue weighted by Gasteiger charge is -2.14. The summed E-state index contributed by atoms with van der Waals surface area (Å²) in [5, 5.41) is 11.9. The van der Waals surface area contributed by atoms with Gasteiger partial charge in [-0.1, -0.05) is 22.0 Å². The third-order valence-corrected chi connectivity index (χ3v) is 3.60. The molecule has 1 aromatic carbocycles. The first-order valence-electron chi connectivity index (χ1n) is 5.43. The molecule has 0 radical (unpaired) electrons. The number of rotatable bonds is 7. The molecule has 0 unspecified atom stereocenters. The molecule has 0 saturated heterocycles. The van der Waals surface area contributed by atoms with E-state index < -0.39 is 12.0 Å². The van der Waals surface area contributed by atoms with E-state index in [1.807, 2.05) is 6.26 Å². The van der Waals surface area contributed by atoms with Gasteiger partial charge in [0.1, 0.15) is 11.9 Å². The zero-order chi connectivity index (χ0) is 13.5. The van der Waals surface area contributed by atoms with E-state index in [-0.39, 0.29) is 12.4 Å². The number of hydrogen-bond donors (Lipinski definition) is 2. The van der Waals surface area contributed by atoms with Gasteiger partial charge >= 0.3 is 5.97 Å². The predicted octanol–water partition coefficient (Wildman–Crippen LogP) is 2.88. The third-order valence-electron chi connectivity index (χ3n) is 2.46. The number of halogens is 2. The number of benzene rings is 1. The molecule has 0 saturated carbocycles. The molecule has 0 aromatic heterocycles. The summed E-state index contributed by atoms with van der Waals surface area (Å²) >= 11 is 4.77. The van der Waals surface area contributed by atoms with Crippen molar-refractivity contribution in [3.63, 3.8) is 0 Å². The minimum Gasteiger partial charge on any atom is -0.480 e. The van der Waals surface area contributed by atoms with Crippen LogP contribution in [0.25, 0.3) is 0 Å². The van der Waals surface area contributed by atoms with E-state index in [1.54, 1.807) is 23.9 Å². The van der Waals surface area contributed by atoms with Gasteiger partial charge in [-0.15, -0.1) is 0 Å². The van der Waals surface area contributed by atoms with Gasteiger partial charge in [-0.05, 0) is 30.6 Å². The Kier molecular flexibility index (Phi) is 6.67. The highest BCUT2D eigenvalue weighted by Crippen LogP contribution is 2.15. The second-order valence-electron chi connectivity index (χ2n) is 3.79. The number of thioether (sulfide) groups is 1. The summed E-state index contributed by atoms with van der Waals surface area (Å²) in [4.78, 5) is 11.0. The lowest BCUT2D eigenvalue weighted by molar-refractivity contribution is -0.139. The maximum absolute atomic E-state index is 13.5. The summed E-state index contributed by atoms with van der Waals surface area (Å²) in [5.41, 5.74) is 0.466. The Bertz CT molecular complexity index is 417. The SMILES string of the molecule is CSCC[C@@H](NCc1ccc(Br)cc1F)C(=O)O. The molecule has 6 heteroatoms. The van der Waals surface area contributed by atoms with Crippen LogP contribution in [0, 0.1) is 5.82 Å². The van der Waals surface area contributed by atoms with E-state index in [0.29, 0.717) is 16.5 Å². The fourth-order valence-electron chi connectivity index (χ4n) is 1.45. The van der Waals surface area contributed by atoms with Gasteiger partial charge in [0, 0.05) is 16.6 Å². The summed E-state index contributed by atoms with van der Waals surface area (Å²) < 4.78 is 14.2. The maximum Gasteiger partial charge on any atom is 0.320 e. The van der Waals surface area contributed by atoms with E-state index >= 15 is 0 Å². The molecule has 1 aromatic rings. The first-order valence-corrected chi connectivity index (χ1v) is 7.62. The monoisotopic (exact) mass is 335 g/mol. The second kappa shape index (κ2) is 7.76. The summed E-state index contributed by atoms with van der Waals surface area (Å²) in [6.07, 6.45) is 2.45. The van der Waals surface area contributed by atoms with Crippen molar-refractivity contribution in [3.05, 3.63) is 34.1 Å². The molecule has 0 heterocycles. The van der Waals surface area contributed by atoms with E-state index in [2.05, 4.69) is 21.2 Å². The summed E-state index contributed by atoms with van der Waals surface area (Å²) in [7, 11) is 0. The molecule has 0 bridgehead atoms. The van der Waals surface area contributed by atoms with Gasteiger partial charge in [0.25, 0.3) is 0 Å². The van der Waals surface area contributed by atoms with Gasteiger partial charge in [-0.2, -0.15) is 11.8 Å². The fourth-order valence-corrected chi connectivity index (χ4v) is 2.25. The third kappa shape index (κ3) is 4.96. The Morgan fingerprint density at radius 2 is 2.33 bits per heavy atom. The Morgan fingerprint density at radius 1 is 1.61 bits per heavy atom. The lowest BCUT2D eigenvalue weighted by Crippen LogP contribution is -2.36. The fraction of sp³-hybridized carbons (Fsp3) is 0.417. The van der Waals surface area contributed by atoms with Crippen molar-refractivity contribution in [3.8, 4) is 0 Å². The molecular weight excluding hydrogens is 321 g/mol. The molecule has 0 aliphatic carbocycles. The molecule has 1 atom stereocenters. The summed E-state index contributed by atoms with van der Waals surface area (Å²) in [5.74, 6) is -0.486. The van der Waals surface area contributed by atoms with Crippen molar-refractivity contribution in [2.24, 2.45) is 0 Å². The van der Waals surface area contributed by atoms with Crippen LogP contribution in [0.3, 0.4) is 0 Å². The molecule has 100 valence electrons. The highest BCUT2D eigenvalue weighted by molar-refractivity contribution is 9.10. The van der Waals surface area contributed by atoms with Crippen molar-refractivity contribution in [1.82, 2.24) is 5.32 Å². The first kappa shape index (κ1) is 15.5. The van der Waals surface area contributed by atoms with Gasteiger partial charge < -0.3 is 10.4 Å². The lowest BCUT2D eigenvalue weighted by atomic mass is 10.1. The zero-order valence-corrected chi connectivity index (χ0v) is 12.4. The second-order valence-corrected chi connectivity index (χ2v) is 5.69. The minimum atomic E-state index is -0.901. The van der Waals surface area contributed by atoms with Gasteiger partial charge in [0.05, 0.1) is 0 Å². The van der Waals surface area contributed by atoms with Crippen LogP contribution in [0.4, 0.5) is 4.39 Å². The average Bonchev–Trinajstić information content (AvgIpc) is 2.31. The maximum atomic E-state index is 13.5. The highest BCUT2D eigenvalue weighted by atomic mass is 79.9. The molecule has 0 aliphatic rings. The largest absolute Gasteiger partial charge is 0.480 e. The molecule has 0 aliphatic heterocycles. The number of hydrogen-bond acceptors (Lipinski definition) is 3. The Labute approximate surface area is 118 Å². The van der Waals surface area contributed by atoms with Crippen LogP contribution in [0.2, 0.25) is 0 Å². The minimum absolute atomic E-state index is 0.213. The topological polar surface area (TPSA) is 49.3 Å². The number of nitrogens with one attached hydrogen (secondary N) is 1. The van der Waals surface area contributed by atoms with Crippen LogP contribution in [0.15, 0.2) is 22.7 Å². The molecular formula is C12H15BrFNO2S. The van der Waals surface area contributed by atoms with Gasteiger partial charge in [0.2, 0.25) is 0 Å². The van der Waals surface area contributed by atoms with Crippen molar-refractivity contribution in [1.29, 1.82) is 0 Å². The predicted molar refractivity (Wildman–Crippen MR) is 75.4 cm³/mol. The number of carboxylic acids is 1. The van der Waals surface area contributed by atoms with Gasteiger partial charge in [-0.3, -0.25) is 4.79 Å². The van der Waals surface area contributed by atoms with Crippen molar-refractivity contribution >= 4 is 33.7 Å². The molecule has 18 heavy (non-hydrogen) atoms. The standard InChI is InChI=1S/C12H15BrFNO2S/c1-18-5-4-11(12(16)17)15-7-8-2-3-9(13)6-10(8)14/h2-3,6,11,15H,4-5,7H2,1H3,(H,16,17)/t11-/m1/s1. The Hall–Kier alpha value is -0.590. The first-order chi connectivity index (χ1) is 8.54. The Balaban J connectivity index is 2.58. The quantitative estimate of drug-likeness (QED) is 0.804. The van der Waals surface area contributed by atoms with Crippen LogP contribution in [0.5, 0.6) is 0 Å². The van der Waals surface area contributed by atoms with Gasteiger partial charge in [-0.25, -0.2) is 4.39 Å². The van der Waals surface area contributed by atoms with E-state index in [1.165, 1.54) is 6.07 Å². The molecule has 0 amide bonds. The van der Waals surface area contributed by atoms with Crippen LogP contribution in [0.1, 0.15) is 12.0 Å². The molecule has 0 spiro atoms. The zero-order valence-electron chi connectivity index (χ0n) is 9.95. The molecule has 3 nitrogen and oxygen atoms in total. The normalized spacial score (nSPS) is 12.4. The number of carboxylic acid groups (broad SMARTS) is 1. The van der Waals surface area contributed by atoms with Crippen LogP contribution >= 0.6 is 27.7 Å². The van der Waals surface area contributed by atoms with Crippen LogP contribution in [-0.2, 0) is 11.3 Å². The summed E-state index contributed by atoms with van der Waals surface area (Å²) in [6.45, 7) is 0.213. The van der Waals surface area contributed by atoms with Crippen molar-refractivity contribution in [2.45, 2.75) is 19.0 Å². The number of aliphatic carboxylic acids is 1. The van der Waals surface area contributed by atoms with E-state index in [9.17, 15) is 9.18 Å². The smallest absolute Gasteiger partial charge is 0.320 e. The van der Waals surface area contributed by atoms with Crippen molar-refractivity contribution in [2.75, 3.05) is 12.0 Å². The number of carbonyl (C=O) groups is 1. The average molecular weight is 336 g/mol. The van der Waals surface area contributed by atoms with Crippen LogP contribution in [-0.4, -0.2) is 29.1 Å². The Morgan fingerprint density at radius 3 is 2.89 bits per heavy atom. The van der Waals surface area contributed by atoms with Gasteiger partial charge in [0.15, 0.2) is 0 Å². The van der Waals surface area contributed by atoms with Crippen LogP contribution < -0.4 is 5.32 Å². The molecule has 1 rings (SSSR count). The molecule has 0 fully saturated rings. The van der Waals surface area contributed by atoms with E-state index in [4.69, 9.17) is 5.11 Å². The van der Waals surface area contributed by atoms with E-state index in [0.717, 1.165) is 5.75 Å². The molecule has 2 N–H and O–H groups in total. The highest BCUT2D eigenvalue weighted by Gasteiger charge is 2.16. The summed E-state index contributed by atoms with van der Waals surface area (Å²) in [6, 6.07) is 4.10.